The Morgan fingerprint density at radius 2 is 1.52 bits per heavy atom. The minimum absolute atomic E-state index is 0.105. The number of alkyl carbamates (subject to hydrolysis) is 1. The molecule has 0 saturated carbocycles. The molecule has 1 fully saturated rings. The Kier molecular flexibility index (Phi) is 7.92. The fourth-order valence-electron chi connectivity index (χ4n) is 3.39. The number of rotatable bonds is 5. The van der Waals surface area contributed by atoms with Gasteiger partial charge in [-0.15, -0.1) is 0 Å². The third kappa shape index (κ3) is 7.52. The largest absolute Gasteiger partial charge is 0.445 e. The lowest BCUT2D eigenvalue weighted by Crippen LogP contribution is -2.50. The Balaban J connectivity index is 1.47. The fraction of sp³-hybridized carbons (Fsp3) is 0.400. The zero-order valence-electron chi connectivity index (χ0n) is 19.4. The summed E-state index contributed by atoms with van der Waals surface area (Å²) in [6, 6.07) is 16.7. The number of nitrogens with zero attached hydrogens (tertiary/aromatic N) is 2. The average molecular weight is 454 g/mol. The van der Waals surface area contributed by atoms with Crippen molar-refractivity contribution in [3.63, 3.8) is 0 Å². The molecule has 8 nitrogen and oxygen atoms in total. The molecular weight excluding hydrogens is 422 g/mol. The van der Waals surface area contributed by atoms with Crippen molar-refractivity contribution in [2.75, 3.05) is 26.2 Å². The van der Waals surface area contributed by atoms with Gasteiger partial charge in [0.05, 0.1) is 0 Å². The van der Waals surface area contributed by atoms with Crippen molar-refractivity contribution in [3.8, 4) is 0 Å². The van der Waals surface area contributed by atoms with E-state index < -0.39 is 11.7 Å². The summed E-state index contributed by atoms with van der Waals surface area (Å²) in [7, 11) is 0. The number of hydrogen-bond donors (Lipinski definition) is 1. The van der Waals surface area contributed by atoms with Crippen molar-refractivity contribution in [1.82, 2.24) is 15.1 Å². The molecule has 0 spiro atoms. The Labute approximate surface area is 194 Å². The van der Waals surface area contributed by atoms with E-state index in [1.54, 1.807) is 48.8 Å². The van der Waals surface area contributed by atoms with Crippen LogP contribution in [0.5, 0.6) is 0 Å². The van der Waals surface area contributed by atoms with Gasteiger partial charge in [0.25, 0.3) is 5.91 Å². The summed E-state index contributed by atoms with van der Waals surface area (Å²) in [5.74, 6) is -0.105. The van der Waals surface area contributed by atoms with Crippen LogP contribution in [0.1, 0.15) is 42.3 Å². The zero-order chi connectivity index (χ0) is 23.8. The maximum atomic E-state index is 12.9. The van der Waals surface area contributed by atoms with Crippen LogP contribution < -0.4 is 5.32 Å². The van der Waals surface area contributed by atoms with Crippen LogP contribution in [0, 0.1) is 0 Å². The maximum Gasteiger partial charge on any atom is 0.410 e. The smallest absolute Gasteiger partial charge is 0.410 e. The van der Waals surface area contributed by atoms with Crippen LogP contribution in [0.4, 0.5) is 9.59 Å². The highest BCUT2D eigenvalue weighted by atomic mass is 16.6. The molecule has 3 amide bonds. The van der Waals surface area contributed by atoms with Gasteiger partial charge in [-0.25, -0.2) is 9.59 Å². The van der Waals surface area contributed by atoms with E-state index in [0.29, 0.717) is 31.7 Å². The van der Waals surface area contributed by atoms with Crippen molar-refractivity contribution >= 4 is 18.1 Å². The SMILES string of the molecule is CC(C)(C)OC(=O)NCc1cccc(C(=O)N2CCN(C(=O)OCc3ccccc3)CC2)c1. The molecule has 0 aliphatic carbocycles. The van der Waals surface area contributed by atoms with Crippen molar-refractivity contribution in [2.24, 2.45) is 0 Å². The molecule has 1 saturated heterocycles. The molecule has 33 heavy (non-hydrogen) atoms. The lowest BCUT2D eigenvalue weighted by Gasteiger charge is -2.34. The molecule has 2 aromatic carbocycles. The van der Waals surface area contributed by atoms with Gasteiger partial charge in [-0.1, -0.05) is 42.5 Å². The third-order valence-electron chi connectivity index (χ3n) is 5.04. The standard InChI is InChI=1S/C25H31N3O5/c1-25(2,3)33-23(30)26-17-20-10-7-11-21(16-20)22(29)27-12-14-28(15-13-27)24(31)32-18-19-8-5-4-6-9-19/h4-11,16H,12-15,17-18H2,1-3H3,(H,26,30). The Morgan fingerprint density at radius 3 is 2.18 bits per heavy atom. The van der Waals surface area contributed by atoms with Crippen LogP contribution in [0.3, 0.4) is 0 Å². The van der Waals surface area contributed by atoms with E-state index in [1.807, 2.05) is 36.4 Å². The van der Waals surface area contributed by atoms with Crippen LogP contribution in [0.2, 0.25) is 0 Å². The predicted molar refractivity (Wildman–Crippen MR) is 124 cm³/mol. The topological polar surface area (TPSA) is 88.2 Å². The second-order valence-corrected chi connectivity index (χ2v) is 8.88. The zero-order valence-corrected chi connectivity index (χ0v) is 19.4. The lowest BCUT2D eigenvalue weighted by atomic mass is 10.1. The molecule has 0 bridgehead atoms. The molecule has 3 rings (SSSR count). The van der Waals surface area contributed by atoms with Gasteiger partial charge in [-0.2, -0.15) is 0 Å². The van der Waals surface area contributed by atoms with Crippen LogP contribution >= 0.6 is 0 Å². The van der Waals surface area contributed by atoms with E-state index in [4.69, 9.17) is 9.47 Å². The molecule has 0 unspecified atom stereocenters. The van der Waals surface area contributed by atoms with Crippen molar-refractivity contribution < 1.29 is 23.9 Å². The van der Waals surface area contributed by atoms with Gasteiger partial charge in [-0.05, 0) is 44.0 Å². The normalized spacial score (nSPS) is 13.9. The Bertz CT molecular complexity index is 964. The summed E-state index contributed by atoms with van der Waals surface area (Å²) in [5.41, 5.74) is 1.70. The van der Waals surface area contributed by atoms with Crippen molar-refractivity contribution in [3.05, 3.63) is 71.3 Å². The molecular formula is C25H31N3O5. The minimum Gasteiger partial charge on any atom is -0.445 e. The number of nitrogens with one attached hydrogen (secondary N) is 1. The predicted octanol–water partition coefficient (Wildman–Crippen LogP) is 3.81. The highest BCUT2D eigenvalue weighted by molar-refractivity contribution is 5.94. The number of piperazine rings is 1. The van der Waals surface area contributed by atoms with Crippen molar-refractivity contribution in [2.45, 2.75) is 39.5 Å². The maximum absolute atomic E-state index is 12.9. The Hall–Kier alpha value is -3.55. The van der Waals surface area contributed by atoms with E-state index in [1.165, 1.54) is 0 Å². The number of carbonyl (C=O) groups is 3. The number of amides is 3. The number of ether oxygens (including phenoxy) is 2. The first-order chi connectivity index (χ1) is 15.7. The van der Waals surface area contributed by atoms with Gasteiger partial charge in [-0.3, -0.25) is 4.79 Å². The van der Waals surface area contributed by atoms with Crippen molar-refractivity contribution in [1.29, 1.82) is 0 Å². The average Bonchev–Trinajstić information content (AvgIpc) is 2.80. The summed E-state index contributed by atoms with van der Waals surface area (Å²) in [5, 5.41) is 2.70. The van der Waals surface area contributed by atoms with E-state index in [0.717, 1.165) is 11.1 Å². The van der Waals surface area contributed by atoms with E-state index >= 15 is 0 Å². The van der Waals surface area contributed by atoms with Gasteiger partial charge < -0.3 is 24.6 Å². The summed E-state index contributed by atoms with van der Waals surface area (Å²) < 4.78 is 10.6. The van der Waals surface area contributed by atoms with Gasteiger partial charge in [0, 0.05) is 38.3 Å². The van der Waals surface area contributed by atoms with Crippen LogP contribution in [0.15, 0.2) is 54.6 Å². The first-order valence-electron chi connectivity index (χ1n) is 11.0. The Morgan fingerprint density at radius 1 is 0.879 bits per heavy atom. The van der Waals surface area contributed by atoms with Gasteiger partial charge in [0.15, 0.2) is 0 Å². The van der Waals surface area contributed by atoms with Crippen LogP contribution in [-0.4, -0.2) is 59.7 Å². The first kappa shape index (κ1) is 24.1. The molecule has 0 aromatic heterocycles. The van der Waals surface area contributed by atoms with Gasteiger partial charge >= 0.3 is 12.2 Å². The first-order valence-corrected chi connectivity index (χ1v) is 11.0. The summed E-state index contributed by atoms with van der Waals surface area (Å²) in [4.78, 5) is 40.5. The fourth-order valence-corrected chi connectivity index (χ4v) is 3.39. The quantitative estimate of drug-likeness (QED) is 0.744. The molecule has 1 heterocycles. The third-order valence-corrected chi connectivity index (χ3v) is 5.04. The summed E-state index contributed by atoms with van der Waals surface area (Å²) in [6.45, 7) is 7.58. The molecule has 1 N–H and O–H groups in total. The highest BCUT2D eigenvalue weighted by Gasteiger charge is 2.26. The monoisotopic (exact) mass is 453 g/mol. The van der Waals surface area contributed by atoms with Gasteiger partial charge in [0.1, 0.15) is 12.2 Å². The van der Waals surface area contributed by atoms with E-state index in [9.17, 15) is 14.4 Å². The number of benzene rings is 2. The van der Waals surface area contributed by atoms with E-state index in [2.05, 4.69) is 5.32 Å². The minimum atomic E-state index is -0.571. The second kappa shape index (κ2) is 10.8. The van der Waals surface area contributed by atoms with Crippen LogP contribution in [0.25, 0.3) is 0 Å². The summed E-state index contributed by atoms with van der Waals surface area (Å²) >= 11 is 0. The second-order valence-electron chi connectivity index (χ2n) is 8.88. The molecule has 176 valence electrons. The molecule has 1 aliphatic heterocycles. The number of carbonyl (C=O) groups excluding carboxylic acids is 3. The summed E-state index contributed by atoms with van der Waals surface area (Å²) in [6.07, 6.45) is -0.879. The molecule has 2 aromatic rings. The molecule has 0 atom stereocenters. The lowest BCUT2D eigenvalue weighted by molar-refractivity contribution is 0.0523. The van der Waals surface area contributed by atoms with E-state index in [-0.39, 0.29) is 25.2 Å². The molecule has 8 heteroatoms. The molecule has 1 aliphatic rings. The number of hydrogen-bond acceptors (Lipinski definition) is 5. The van der Waals surface area contributed by atoms with Crippen LogP contribution in [-0.2, 0) is 22.6 Å². The highest BCUT2D eigenvalue weighted by Crippen LogP contribution is 2.13. The molecule has 0 radical (unpaired) electrons. The van der Waals surface area contributed by atoms with Gasteiger partial charge in [0.2, 0.25) is 0 Å².